The number of ketones is 1. The van der Waals surface area contributed by atoms with Gasteiger partial charge in [-0.25, -0.2) is 4.79 Å². The van der Waals surface area contributed by atoms with Crippen molar-refractivity contribution in [2.24, 2.45) is 0 Å². The van der Waals surface area contributed by atoms with E-state index in [1.165, 1.54) is 56.9 Å². The highest BCUT2D eigenvalue weighted by Crippen LogP contribution is 2.49. The molecule has 0 saturated heterocycles. The van der Waals surface area contributed by atoms with Crippen molar-refractivity contribution >= 4 is 28.8 Å². The number of anilines is 1. The number of hydrogen-bond acceptors (Lipinski definition) is 4. The molecule has 1 aliphatic carbocycles. The molecule has 0 unspecified atom stereocenters. The summed E-state index contributed by atoms with van der Waals surface area (Å²) in [6.07, 6.45) is 17.8. The highest BCUT2D eigenvalue weighted by molar-refractivity contribution is 6.24. The SMILES string of the molecule is CCCCCCCCN1/C(=C\C2=C([O-])C(=C/C3=[N+](CCCCCCCC)c4ccccc4C3(C)C)/C2=O)C(C)(C)c2cc(C(=O)O)ccc21. The van der Waals surface area contributed by atoms with E-state index in [9.17, 15) is 19.8 Å². The fourth-order valence-corrected chi connectivity index (χ4v) is 7.92. The largest absolute Gasteiger partial charge is 0.871 e. The molecule has 1 N–H and O–H groups in total. The first-order valence-corrected chi connectivity index (χ1v) is 18.7. The van der Waals surface area contributed by atoms with E-state index in [4.69, 9.17) is 0 Å². The fourth-order valence-electron chi connectivity index (χ4n) is 7.92. The molecule has 0 spiro atoms. The predicted molar refractivity (Wildman–Crippen MR) is 198 cm³/mol. The molecule has 3 aliphatic rings. The first-order chi connectivity index (χ1) is 23.4. The molecule has 6 nitrogen and oxygen atoms in total. The second kappa shape index (κ2) is 15.3. The molecule has 2 aromatic rings. The third-order valence-electron chi connectivity index (χ3n) is 10.9. The maximum absolute atomic E-state index is 13.9. The molecular formula is C43H56N2O4. The fraction of sp³-hybridized carbons (Fsp3) is 0.512. The molecule has 2 heterocycles. The van der Waals surface area contributed by atoms with Crippen molar-refractivity contribution in [1.29, 1.82) is 0 Å². The van der Waals surface area contributed by atoms with Gasteiger partial charge in [-0.05, 0) is 56.5 Å². The van der Waals surface area contributed by atoms with Crippen molar-refractivity contribution in [3.05, 3.63) is 93.9 Å². The molecule has 2 aliphatic heterocycles. The molecule has 0 fully saturated rings. The number of unbranched alkanes of at least 4 members (excludes halogenated alkanes) is 10. The van der Waals surface area contributed by atoms with Gasteiger partial charge in [0.15, 0.2) is 11.5 Å². The first kappa shape index (κ1) is 36.4. The summed E-state index contributed by atoms with van der Waals surface area (Å²) >= 11 is 0. The number of allylic oxidation sites excluding steroid dienone is 5. The summed E-state index contributed by atoms with van der Waals surface area (Å²) in [4.78, 5) is 28.0. The summed E-state index contributed by atoms with van der Waals surface area (Å²) in [6, 6.07) is 13.7. The van der Waals surface area contributed by atoms with E-state index in [2.05, 4.69) is 75.3 Å². The smallest absolute Gasteiger partial charge is 0.335 e. The minimum atomic E-state index is -0.966. The predicted octanol–water partition coefficient (Wildman–Crippen LogP) is 9.29. The zero-order chi connectivity index (χ0) is 35.3. The Morgan fingerprint density at radius 1 is 0.816 bits per heavy atom. The van der Waals surface area contributed by atoms with E-state index < -0.39 is 11.4 Å². The average Bonchev–Trinajstić information content (AvgIpc) is 3.43. The Morgan fingerprint density at radius 3 is 2.10 bits per heavy atom. The van der Waals surface area contributed by atoms with Crippen LogP contribution in [0, 0.1) is 0 Å². The van der Waals surface area contributed by atoms with E-state index in [-0.39, 0.29) is 33.7 Å². The van der Waals surface area contributed by atoms with Crippen LogP contribution in [0.4, 0.5) is 11.4 Å². The van der Waals surface area contributed by atoms with Gasteiger partial charge in [0.05, 0.1) is 11.0 Å². The van der Waals surface area contributed by atoms with Crippen LogP contribution in [0.5, 0.6) is 0 Å². The summed E-state index contributed by atoms with van der Waals surface area (Å²) in [7, 11) is 0. The lowest BCUT2D eigenvalue weighted by Crippen LogP contribution is -2.35. The highest BCUT2D eigenvalue weighted by Gasteiger charge is 2.46. The quantitative estimate of drug-likeness (QED) is 0.104. The van der Waals surface area contributed by atoms with Gasteiger partial charge in [0.2, 0.25) is 5.69 Å². The molecule has 5 rings (SSSR count). The maximum Gasteiger partial charge on any atom is 0.335 e. The van der Waals surface area contributed by atoms with E-state index in [0.717, 1.165) is 67.1 Å². The summed E-state index contributed by atoms with van der Waals surface area (Å²) in [5.41, 5.74) is 5.91. The molecule has 6 heteroatoms. The number of Topliss-reactive ketones (excluding diaryl/α,β-unsaturated/α-hetero) is 1. The van der Waals surface area contributed by atoms with Crippen molar-refractivity contribution in [2.75, 3.05) is 18.0 Å². The number of rotatable bonds is 17. The van der Waals surface area contributed by atoms with Crippen molar-refractivity contribution in [3.8, 4) is 0 Å². The third-order valence-corrected chi connectivity index (χ3v) is 10.9. The topological polar surface area (TPSA) is 83.7 Å². The number of carbonyl (C=O) groups excluding carboxylic acids is 1. The van der Waals surface area contributed by atoms with E-state index in [1.807, 2.05) is 12.1 Å². The minimum Gasteiger partial charge on any atom is -0.871 e. The van der Waals surface area contributed by atoms with Crippen LogP contribution in [-0.2, 0) is 15.6 Å². The second-order valence-corrected chi connectivity index (χ2v) is 15.2. The number of aromatic carboxylic acids is 1. The number of para-hydroxylation sites is 1. The molecule has 0 bridgehead atoms. The van der Waals surface area contributed by atoms with Gasteiger partial charge in [-0.1, -0.05) is 109 Å². The van der Waals surface area contributed by atoms with Gasteiger partial charge >= 0.3 is 5.97 Å². The monoisotopic (exact) mass is 664 g/mol. The van der Waals surface area contributed by atoms with Crippen LogP contribution in [0.15, 0.2) is 77.2 Å². The Morgan fingerprint density at radius 2 is 1.45 bits per heavy atom. The Labute approximate surface area is 293 Å². The van der Waals surface area contributed by atoms with Crippen molar-refractivity contribution < 1.29 is 24.4 Å². The molecule has 0 aromatic heterocycles. The summed E-state index contributed by atoms with van der Waals surface area (Å²) in [5.74, 6) is -1.39. The lowest BCUT2D eigenvalue weighted by atomic mass is 9.77. The van der Waals surface area contributed by atoms with Crippen LogP contribution >= 0.6 is 0 Å². The number of carboxylic acids is 1. The van der Waals surface area contributed by atoms with E-state index in [1.54, 1.807) is 18.2 Å². The van der Waals surface area contributed by atoms with Crippen LogP contribution in [-0.4, -0.2) is 40.2 Å². The molecule has 0 radical (unpaired) electrons. The van der Waals surface area contributed by atoms with E-state index in [0.29, 0.717) is 0 Å². The standard InChI is InChI=1S/C43H56N2O4/c1-7-9-11-13-15-19-25-44-35-22-18-17-21-33(35)42(3,4)37(44)28-31-39(46)32(40(31)47)29-38-43(5,6)34-27-30(41(48)49)23-24-36(34)45(38)26-20-16-14-12-10-8-2/h17-18,21-24,27-29H,7-16,19-20,25-26H2,1-6H3,(H-,46,47,48,49). The number of carbonyl (C=O) groups is 2. The normalized spacial score (nSPS) is 19.2. The Hall–Kier alpha value is -3.93. The molecule has 0 atom stereocenters. The number of hydrogen-bond donors (Lipinski definition) is 1. The molecule has 0 amide bonds. The Bertz CT molecular complexity index is 1700. The number of benzene rings is 2. The van der Waals surface area contributed by atoms with Crippen molar-refractivity contribution in [3.63, 3.8) is 0 Å². The number of carboxylic acid groups (broad SMARTS) is 1. The lowest BCUT2D eigenvalue weighted by molar-refractivity contribution is -0.438. The van der Waals surface area contributed by atoms with Crippen molar-refractivity contribution in [1.82, 2.24) is 0 Å². The molecule has 262 valence electrons. The van der Waals surface area contributed by atoms with Gasteiger partial charge in [0.1, 0.15) is 6.54 Å². The maximum atomic E-state index is 13.9. The van der Waals surface area contributed by atoms with E-state index >= 15 is 0 Å². The molecular weight excluding hydrogens is 608 g/mol. The van der Waals surface area contributed by atoms with Gasteiger partial charge in [-0.2, -0.15) is 4.58 Å². The molecule has 0 saturated carbocycles. The number of nitrogens with zero attached hydrogens (tertiary/aromatic N) is 2. The highest BCUT2D eigenvalue weighted by atomic mass is 16.4. The minimum absolute atomic E-state index is 0.213. The molecule has 49 heavy (non-hydrogen) atoms. The second-order valence-electron chi connectivity index (χ2n) is 15.2. The van der Waals surface area contributed by atoms with Crippen molar-refractivity contribution in [2.45, 2.75) is 129 Å². The third kappa shape index (κ3) is 7.20. The summed E-state index contributed by atoms with van der Waals surface area (Å²) < 4.78 is 2.33. The van der Waals surface area contributed by atoms with Gasteiger partial charge < -0.3 is 15.1 Å². The zero-order valence-electron chi connectivity index (χ0n) is 30.7. The van der Waals surface area contributed by atoms with Gasteiger partial charge in [0.25, 0.3) is 0 Å². The number of fused-ring (bicyclic) bond motifs is 2. The Balaban J connectivity index is 1.48. The van der Waals surface area contributed by atoms with Gasteiger partial charge in [-0.3, -0.25) is 4.79 Å². The summed E-state index contributed by atoms with van der Waals surface area (Å²) in [5, 5.41) is 23.6. The lowest BCUT2D eigenvalue weighted by Gasteiger charge is -2.33. The first-order valence-electron chi connectivity index (χ1n) is 18.7. The van der Waals surface area contributed by atoms with Crippen LogP contribution in [0.25, 0.3) is 0 Å². The Kier molecular flexibility index (Phi) is 11.4. The van der Waals surface area contributed by atoms with Gasteiger partial charge in [0, 0.05) is 58.6 Å². The van der Waals surface area contributed by atoms with Crippen LogP contribution < -0.4 is 10.0 Å². The summed E-state index contributed by atoms with van der Waals surface area (Å²) in [6.45, 7) is 14.5. The van der Waals surface area contributed by atoms with Gasteiger partial charge in [-0.15, -0.1) is 0 Å². The molecule has 2 aromatic carbocycles. The van der Waals surface area contributed by atoms with Crippen LogP contribution in [0.2, 0.25) is 0 Å². The zero-order valence-corrected chi connectivity index (χ0v) is 30.7. The average molecular weight is 665 g/mol. The van der Waals surface area contributed by atoms with Crippen LogP contribution in [0.3, 0.4) is 0 Å². The van der Waals surface area contributed by atoms with Crippen LogP contribution in [0.1, 0.15) is 140 Å².